The van der Waals surface area contributed by atoms with Crippen LogP contribution in [0.15, 0.2) is 58.4 Å². The first kappa shape index (κ1) is 21.7. The number of aromatic nitrogens is 2. The van der Waals surface area contributed by atoms with Crippen molar-refractivity contribution in [3.8, 4) is 0 Å². The molecule has 33 heavy (non-hydrogen) atoms. The zero-order valence-corrected chi connectivity index (χ0v) is 20.0. The van der Waals surface area contributed by atoms with E-state index in [1.807, 2.05) is 37.3 Å². The van der Waals surface area contributed by atoms with Crippen molar-refractivity contribution in [1.82, 2.24) is 14.3 Å². The van der Waals surface area contributed by atoms with Gasteiger partial charge in [0.25, 0.3) is 11.5 Å². The Hall–Kier alpha value is -3.17. The van der Waals surface area contributed by atoms with Crippen LogP contribution in [0.25, 0.3) is 11.7 Å². The van der Waals surface area contributed by atoms with Crippen molar-refractivity contribution >= 4 is 57.4 Å². The molecule has 1 aromatic carbocycles. The largest absolute Gasteiger partial charge is 0.368 e. The fourth-order valence-electron chi connectivity index (χ4n) is 4.11. The lowest BCUT2D eigenvalue weighted by Gasteiger charge is -2.37. The molecular weight excluding hydrogens is 454 g/mol. The number of thioether (sulfide) groups is 1. The van der Waals surface area contributed by atoms with Gasteiger partial charge in [-0.05, 0) is 36.8 Å². The summed E-state index contributed by atoms with van der Waals surface area (Å²) in [6.45, 7) is 5.01. The van der Waals surface area contributed by atoms with E-state index in [0.29, 0.717) is 26.3 Å². The van der Waals surface area contributed by atoms with Crippen LogP contribution in [0.5, 0.6) is 0 Å². The van der Waals surface area contributed by atoms with Gasteiger partial charge in [0.2, 0.25) is 0 Å². The highest BCUT2D eigenvalue weighted by Gasteiger charge is 2.30. The summed E-state index contributed by atoms with van der Waals surface area (Å²) in [7, 11) is 1.65. The van der Waals surface area contributed by atoms with E-state index in [9.17, 15) is 9.59 Å². The molecule has 168 valence electrons. The molecule has 0 N–H and O–H groups in total. The van der Waals surface area contributed by atoms with Crippen molar-refractivity contribution in [2.24, 2.45) is 0 Å². The molecule has 0 spiro atoms. The number of fused-ring (bicyclic) bond motifs is 1. The lowest BCUT2D eigenvalue weighted by molar-refractivity contribution is -0.121. The monoisotopic (exact) mass is 477 g/mol. The molecule has 0 aliphatic carbocycles. The smallest absolute Gasteiger partial charge is 0.267 e. The van der Waals surface area contributed by atoms with Gasteiger partial charge in [-0.25, -0.2) is 4.98 Å². The van der Waals surface area contributed by atoms with Gasteiger partial charge in [-0.2, -0.15) is 0 Å². The third kappa shape index (κ3) is 4.02. The number of likely N-dealkylation sites (N-methyl/N-ethyl adjacent to an activating group) is 1. The van der Waals surface area contributed by atoms with Crippen LogP contribution in [-0.4, -0.2) is 57.7 Å². The third-order valence-electron chi connectivity index (χ3n) is 5.95. The maximum absolute atomic E-state index is 13.6. The quantitative estimate of drug-likeness (QED) is 0.424. The topological polar surface area (TPSA) is 61.2 Å². The maximum atomic E-state index is 13.6. The van der Waals surface area contributed by atoms with Crippen LogP contribution < -0.4 is 15.4 Å². The van der Waals surface area contributed by atoms with E-state index in [-0.39, 0.29) is 11.5 Å². The van der Waals surface area contributed by atoms with E-state index in [1.165, 1.54) is 22.3 Å². The van der Waals surface area contributed by atoms with Crippen molar-refractivity contribution in [2.75, 3.05) is 43.0 Å². The predicted octanol–water partition coefficient (Wildman–Crippen LogP) is 3.16. The van der Waals surface area contributed by atoms with E-state index in [2.05, 4.69) is 21.9 Å². The molecule has 0 atom stereocenters. The minimum Gasteiger partial charge on any atom is -0.368 e. The van der Waals surface area contributed by atoms with Crippen molar-refractivity contribution in [1.29, 1.82) is 0 Å². The SMILES string of the molecule is Cc1ccc2nc(N3CCN(c4ccccc4)CC3)c(/C=C3/SC(=S)N(C)C3=O)c(=O)n2c1. The standard InChI is InChI=1S/C24H23N5O2S2/c1-16-8-9-20-25-21(28-12-10-27(11-13-28)17-6-4-3-5-7-17)18(22(30)29(20)15-16)14-19-23(31)26(2)24(32)33-19/h3-9,14-15H,10-13H2,1-2H3/b19-14+. The van der Waals surface area contributed by atoms with E-state index < -0.39 is 0 Å². The molecule has 0 unspecified atom stereocenters. The lowest BCUT2D eigenvalue weighted by atomic mass is 10.2. The van der Waals surface area contributed by atoms with Gasteiger partial charge >= 0.3 is 0 Å². The van der Waals surface area contributed by atoms with Gasteiger partial charge in [-0.15, -0.1) is 0 Å². The molecule has 1 amide bonds. The minimum absolute atomic E-state index is 0.189. The molecule has 0 saturated carbocycles. The molecule has 2 aromatic heterocycles. The van der Waals surface area contributed by atoms with Crippen molar-refractivity contribution in [2.45, 2.75) is 6.92 Å². The molecule has 2 fully saturated rings. The second kappa shape index (κ2) is 8.64. The fraction of sp³-hybridized carbons (Fsp3) is 0.250. The van der Waals surface area contributed by atoms with Crippen LogP contribution in [0.2, 0.25) is 0 Å². The number of para-hydroxylation sites is 1. The van der Waals surface area contributed by atoms with Gasteiger partial charge in [-0.1, -0.05) is 48.2 Å². The summed E-state index contributed by atoms with van der Waals surface area (Å²) in [6, 6.07) is 14.1. The van der Waals surface area contributed by atoms with Crippen LogP contribution >= 0.6 is 24.0 Å². The van der Waals surface area contributed by atoms with Gasteiger partial charge in [0.05, 0.1) is 10.5 Å². The molecular formula is C24H23N5O2S2. The second-order valence-electron chi connectivity index (χ2n) is 8.14. The summed E-state index contributed by atoms with van der Waals surface area (Å²) in [5.41, 5.74) is 2.96. The summed E-state index contributed by atoms with van der Waals surface area (Å²) in [5, 5.41) is 0. The molecule has 7 nitrogen and oxygen atoms in total. The van der Waals surface area contributed by atoms with Crippen molar-refractivity contribution in [3.63, 3.8) is 0 Å². The van der Waals surface area contributed by atoms with E-state index in [4.69, 9.17) is 17.2 Å². The van der Waals surface area contributed by atoms with E-state index in [0.717, 1.165) is 31.7 Å². The zero-order valence-electron chi connectivity index (χ0n) is 18.4. The van der Waals surface area contributed by atoms with Crippen LogP contribution in [0.1, 0.15) is 11.1 Å². The summed E-state index contributed by atoms with van der Waals surface area (Å²) >= 11 is 6.48. The van der Waals surface area contributed by atoms with E-state index >= 15 is 0 Å². The van der Waals surface area contributed by atoms with Crippen LogP contribution in [0.3, 0.4) is 0 Å². The number of amides is 1. The number of carbonyl (C=O) groups is 1. The number of anilines is 2. The number of hydrogen-bond donors (Lipinski definition) is 0. The molecule has 0 radical (unpaired) electrons. The molecule has 3 aromatic rings. The number of aryl methyl sites for hydroxylation is 1. The number of nitrogens with zero attached hydrogens (tertiary/aromatic N) is 5. The first-order valence-corrected chi connectivity index (χ1v) is 11.9. The highest BCUT2D eigenvalue weighted by molar-refractivity contribution is 8.26. The molecule has 2 aliphatic rings. The number of thiocarbonyl (C=S) groups is 1. The molecule has 9 heteroatoms. The summed E-state index contributed by atoms with van der Waals surface area (Å²) in [5.74, 6) is 0.413. The summed E-state index contributed by atoms with van der Waals surface area (Å²) in [6.07, 6.45) is 3.44. The Morgan fingerprint density at radius 1 is 1.00 bits per heavy atom. The second-order valence-corrected chi connectivity index (χ2v) is 9.82. The number of piperazine rings is 1. The van der Waals surface area contributed by atoms with Gasteiger partial charge in [-0.3, -0.25) is 18.9 Å². The first-order valence-electron chi connectivity index (χ1n) is 10.7. The van der Waals surface area contributed by atoms with E-state index in [1.54, 1.807) is 23.7 Å². The van der Waals surface area contributed by atoms with Gasteiger partial charge in [0.15, 0.2) is 0 Å². The molecule has 4 heterocycles. The molecule has 2 aliphatic heterocycles. The third-order valence-corrected chi connectivity index (χ3v) is 7.43. The Balaban J connectivity index is 1.56. The lowest BCUT2D eigenvalue weighted by Crippen LogP contribution is -2.47. The number of benzene rings is 1. The molecule has 0 bridgehead atoms. The highest BCUT2D eigenvalue weighted by atomic mass is 32.2. The number of rotatable bonds is 3. The van der Waals surface area contributed by atoms with Crippen LogP contribution in [0.4, 0.5) is 11.5 Å². The Morgan fingerprint density at radius 2 is 1.70 bits per heavy atom. The minimum atomic E-state index is -0.196. The molecule has 5 rings (SSSR count). The van der Waals surface area contributed by atoms with Crippen molar-refractivity contribution < 1.29 is 4.79 Å². The normalized spacial score (nSPS) is 18.1. The average Bonchev–Trinajstić information content (AvgIpc) is 3.08. The zero-order chi connectivity index (χ0) is 23.1. The highest BCUT2D eigenvalue weighted by Crippen LogP contribution is 2.32. The Morgan fingerprint density at radius 3 is 2.36 bits per heavy atom. The molecule has 2 saturated heterocycles. The van der Waals surface area contributed by atoms with Crippen LogP contribution in [-0.2, 0) is 4.79 Å². The average molecular weight is 478 g/mol. The van der Waals surface area contributed by atoms with Crippen molar-refractivity contribution in [3.05, 3.63) is 75.0 Å². The Bertz CT molecular complexity index is 1340. The summed E-state index contributed by atoms with van der Waals surface area (Å²) < 4.78 is 2.03. The van der Waals surface area contributed by atoms with Gasteiger partial charge in [0, 0.05) is 45.1 Å². The Kier molecular flexibility index (Phi) is 5.67. The predicted molar refractivity (Wildman–Crippen MR) is 138 cm³/mol. The van der Waals surface area contributed by atoms with Gasteiger partial charge in [0.1, 0.15) is 15.8 Å². The maximum Gasteiger partial charge on any atom is 0.267 e. The number of hydrogen-bond acceptors (Lipinski definition) is 7. The first-order chi connectivity index (χ1) is 15.9. The van der Waals surface area contributed by atoms with Gasteiger partial charge < -0.3 is 9.80 Å². The van der Waals surface area contributed by atoms with Crippen LogP contribution in [0, 0.1) is 6.92 Å². The fourth-order valence-corrected chi connectivity index (χ4v) is 5.27. The summed E-state index contributed by atoms with van der Waals surface area (Å²) in [4.78, 5) is 37.4. The number of pyridine rings is 1. The Labute approximate surface area is 201 Å². The number of carbonyl (C=O) groups excluding carboxylic acids is 1.